The third-order valence-electron chi connectivity index (χ3n) is 1.67. The number of benzene rings is 1. The van der Waals surface area contributed by atoms with E-state index in [0.717, 1.165) is 10.9 Å². The van der Waals surface area contributed by atoms with Crippen molar-refractivity contribution < 1.29 is 0 Å². The molecule has 2 aromatic rings. The van der Waals surface area contributed by atoms with Crippen LogP contribution in [-0.2, 0) is 0 Å². The van der Waals surface area contributed by atoms with Crippen LogP contribution in [0.15, 0.2) is 24.3 Å². The summed E-state index contributed by atoms with van der Waals surface area (Å²) in [6, 6.07) is 7.66. The molecule has 0 fully saturated rings. The Morgan fingerprint density at radius 1 is 1.33 bits per heavy atom. The van der Waals surface area contributed by atoms with Gasteiger partial charge in [-0.25, -0.2) is 4.98 Å². The molecule has 0 aliphatic heterocycles. The van der Waals surface area contributed by atoms with Crippen LogP contribution in [0.2, 0.25) is 0 Å². The summed E-state index contributed by atoms with van der Waals surface area (Å²) in [6.07, 6.45) is 0. The van der Waals surface area contributed by atoms with Gasteiger partial charge in [-0.05, 0) is 24.4 Å². The van der Waals surface area contributed by atoms with E-state index >= 15 is 0 Å². The Labute approximate surface area is 74.3 Å². The number of rotatable bonds is 0. The predicted molar refractivity (Wildman–Crippen MR) is 51.3 cm³/mol. The number of hydrogen-bond donors (Lipinski definition) is 2. The highest BCUT2D eigenvalue weighted by atomic mass is 32.1. The minimum absolute atomic E-state index is 0.422. The van der Waals surface area contributed by atoms with Crippen LogP contribution in [0.25, 0.3) is 10.9 Å². The summed E-state index contributed by atoms with van der Waals surface area (Å²) in [6.45, 7) is 0. The summed E-state index contributed by atoms with van der Waals surface area (Å²) < 4.78 is 0.422. The molecule has 0 unspecified atom stereocenters. The maximum atomic E-state index is 5.66. The number of nitrogen functional groups attached to an aromatic ring is 1. The SMILES string of the molecule is Nc1nc(=S)[nH]c2ccccc12. The monoisotopic (exact) mass is 177 g/mol. The molecular weight excluding hydrogens is 170 g/mol. The zero-order chi connectivity index (χ0) is 8.55. The lowest BCUT2D eigenvalue weighted by molar-refractivity contribution is 1.19. The van der Waals surface area contributed by atoms with Gasteiger partial charge in [0, 0.05) is 5.39 Å². The molecule has 0 amide bonds. The molecule has 12 heavy (non-hydrogen) atoms. The third-order valence-corrected chi connectivity index (χ3v) is 1.86. The highest BCUT2D eigenvalue weighted by molar-refractivity contribution is 7.71. The lowest BCUT2D eigenvalue weighted by atomic mass is 10.2. The summed E-state index contributed by atoms with van der Waals surface area (Å²) in [4.78, 5) is 6.89. The van der Waals surface area contributed by atoms with Crippen molar-refractivity contribution in [2.75, 3.05) is 5.73 Å². The van der Waals surface area contributed by atoms with Crippen molar-refractivity contribution in [3.8, 4) is 0 Å². The van der Waals surface area contributed by atoms with E-state index in [4.69, 9.17) is 18.0 Å². The number of para-hydroxylation sites is 1. The summed E-state index contributed by atoms with van der Waals surface area (Å²) in [5.74, 6) is 0.481. The first-order valence-electron chi connectivity index (χ1n) is 3.52. The van der Waals surface area contributed by atoms with Gasteiger partial charge in [0.2, 0.25) is 0 Å². The molecule has 1 heterocycles. The minimum atomic E-state index is 0.422. The fourth-order valence-electron chi connectivity index (χ4n) is 1.13. The molecule has 2 rings (SSSR count). The van der Waals surface area contributed by atoms with Crippen molar-refractivity contribution in [1.82, 2.24) is 9.97 Å². The van der Waals surface area contributed by atoms with Gasteiger partial charge < -0.3 is 10.7 Å². The topological polar surface area (TPSA) is 54.7 Å². The van der Waals surface area contributed by atoms with Crippen molar-refractivity contribution >= 4 is 28.9 Å². The van der Waals surface area contributed by atoms with E-state index in [9.17, 15) is 0 Å². The molecular formula is C8H7N3S. The Kier molecular flexibility index (Phi) is 1.55. The number of anilines is 1. The van der Waals surface area contributed by atoms with Crippen molar-refractivity contribution in [2.45, 2.75) is 0 Å². The zero-order valence-electron chi connectivity index (χ0n) is 6.24. The summed E-state index contributed by atoms with van der Waals surface area (Å²) in [5, 5.41) is 0.908. The van der Waals surface area contributed by atoms with Crippen LogP contribution in [-0.4, -0.2) is 9.97 Å². The Bertz CT molecular complexity index is 475. The minimum Gasteiger partial charge on any atom is -0.383 e. The number of H-pyrrole nitrogens is 1. The molecule has 60 valence electrons. The van der Waals surface area contributed by atoms with Gasteiger partial charge in [0.1, 0.15) is 5.82 Å². The van der Waals surface area contributed by atoms with Gasteiger partial charge in [-0.3, -0.25) is 0 Å². The zero-order valence-corrected chi connectivity index (χ0v) is 7.06. The number of nitrogens with two attached hydrogens (primary N) is 1. The van der Waals surface area contributed by atoms with Crippen LogP contribution in [0.5, 0.6) is 0 Å². The molecule has 0 saturated carbocycles. The number of aromatic amines is 1. The van der Waals surface area contributed by atoms with E-state index in [2.05, 4.69) is 9.97 Å². The third kappa shape index (κ3) is 1.06. The van der Waals surface area contributed by atoms with Crippen LogP contribution >= 0.6 is 12.2 Å². The number of aromatic nitrogens is 2. The van der Waals surface area contributed by atoms with Gasteiger partial charge >= 0.3 is 0 Å². The molecule has 4 heteroatoms. The van der Waals surface area contributed by atoms with E-state index < -0.39 is 0 Å². The fourth-order valence-corrected chi connectivity index (χ4v) is 1.34. The lowest BCUT2D eigenvalue weighted by Gasteiger charge is -1.99. The number of hydrogen-bond acceptors (Lipinski definition) is 3. The average molecular weight is 177 g/mol. The van der Waals surface area contributed by atoms with Crippen molar-refractivity contribution in [2.24, 2.45) is 0 Å². The van der Waals surface area contributed by atoms with Crippen molar-refractivity contribution in [3.05, 3.63) is 29.0 Å². The summed E-state index contributed by atoms with van der Waals surface area (Å²) >= 11 is 4.88. The van der Waals surface area contributed by atoms with Gasteiger partial charge in [-0.15, -0.1) is 0 Å². The van der Waals surface area contributed by atoms with E-state index in [1.807, 2.05) is 24.3 Å². The van der Waals surface area contributed by atoms with Gasteiger partial charge in [0.05, 0.1) is 5.52 Å². The Hall–Kier alpha value is -1.42. The Balaban J connectivity index is 2.99. The molecule has 0 aliphatic rings. The first-order valence-corrected chi connectivity index (χ1v) is 3.93. The molecule has 0 saturated heterocycles. The average Bonchev–Trinajstić information content (AvgIpc) is 2.04. The molecule has 1 aromatic heterocycles. The summed E-state index contributed by atoms with van der Waals surface area (Å²) in [5.41, 5.74) is 6.59. The van der Waals surface area contributed by atoms with Gasteiger partial charge in [0.25, 0.3) is 0 Å². The predicted octanol–water partition coefficient (Wildman–Crippen LogP) is 1.87. The van der Waals surface area contributed by atoms with Gasteiger partial charge in [0.15, 0.2) is 4.77 Å². The van der Waals surface area contributed by atoms with Gasteiger partial charge in [-0.1, -0.05) is 12.1 Å². The maximum absolute atomic E-state index is 5.66. The van der Waals surface area contributed by atoms with E-state index in [-0.39, 0.29) is 0 Å². The van der Waals surface area contributed by atoms with Gasteiger partial charge in [-0.2, -0.15) is 0 Å². The smallest absolute Gasteiger partial charge is 0.199 e. The highest BCUT2D eigenvalue weighted by Crippen LogP contribution is 2.15. The molecule has 0 bridgehead atoms. The van der Waals surface area contributed by atoms with E-state index in [1.165, 1.54) is 0 Å². The lowest BCUT2D eigenvalue weighted by Crippen LogP contribution is -1.93. The van der Waals surface area contributed by atoms with Crippen LogP contribution in [0.1, 0.15) is 0 Å². The first kappa shape index (κ1) is 7.24. The van der Waals surface area contributed by atoms with Crippen molar-refractivity contribution in [3.63, 3.8) is 0 Å². The number of nitrogens with one attached hydrogen (secondary N) is 1. The Morgan fingerprint density at radius 3 is 2.92 bits per heavy atom. The first-order chi connectivity index (χ1) is 5.77. The second-order valence-electron chi connectivity index (χ2n) is 2.47. The van der Waals surface area contributed by atoms with Crippen LogP contribution < -0.4 is 5.73 Å². The second kappa shape index (κ2) is 2.57. The van der Waals surface area contributed by atoms with Crippen LogP contribution in [0.4, 0.5) is 5.82 Å². The Morgan fingerprint density at radius 2 is 2.08 bits per heavy atom. The molecule has 0 spiro atoms. The van der Waals surface area contributed by atoms with E-state index in [0.29, 0.717) is 10.6 Å². The molecule has 1 aromatic carbocycles. The molecule has 0 radical (unpaired) electrons. The normalized spacial score (nSPS) is 10.3. The standard InChI is InChI=1S/C8H7N3S/c9-7-5-3-1-2-4-6(5)10-8(12)11-7/h1-4H,(H3,9,10,11,12). The molecule has 0 atom stereocenters. The van der Waals surface area contributed by atoms with E-state index in [1.54, 1.807) is 0 Å². The molecule has 3 nitrogen and oxygen atoms in total. The number of nitrogens with zero attached hydrogens (tertiary/aromatic N) is 1. The number of fused-ring (bicyclic) bond motifs is 1. The highest BCUT2D eigenvalue weighted by Gasteiger charge is 1.96. The quantitative estimate of drug-likeness (QED) is 0.604. The maximum Gasteiger partial charge on any atom is 0.199 e. The largest absolute Gasteiger partial charge is 0.383 e. The molecule has 0 aliphatic carbocycles. The molecule has 3 N–H and O–H groups in total. The van der Waals surface area contributed by atoms with Crippen LogP contribution in [0.3, 0.4) is 0 Å². The fraction of sp³-hybridized carbons (Fsp3) is 0. The second-order valence-corrected chi connectivity index (χ2v) is 2.86. The van der Waals surface area contributed by atoms with Crippen LogP contribution in [0, 0.1) is 4.77 Å². The summed E-state index contributed by atoms with van der Waals surface area (Å²) in [7, 11) is 0. The van der Waals surface area contributed by atoms with Crippen molar-refractivity contribution in [1.29, 1.82) is 0 Å².